The van der Waals surface area contributed by atoms with Gasteiger partial charge >= 0.3 is 0 Å². The molecule has 2 aromatic heterocycles. The molecule has 11 nitrogen and oxygen atoms in total. The lowest BCUT2D eigenvalue weighted by atomic mass is 9.65. The van der Waals surface area contributed by atoms with Crippen LogP contribution in [0, 0.1) is 10.8 Å². The van der Waals surface area contributed by atoms with Crippen molar-refractivity contribution in [2.24, 2.45) is 17.9 Å². The van der Waals surface area contributed by atoms with Gasteiger partial charge in [0.25, 0.3) is 5.91 Å². The minimum Gasteiger partial charge on any atom is -0.383 e. The highest BCUT2D eigenvalue weighted by molar-refractivity contribution is 5.95. The van der Waals surface area contributed by atoms with E-state index in [0.717, 1.165) is 48.7 Å². The van der Waals surface area contributed by atoms with E-state index in [1.54, 1.807) is 31.1 Å². The van der Waals surface area contributed by atoms with Gasteiger partial charge in [-0.3, -0.25) is 19.1 Å². The number of hydrogen-bond donors (Lipinski definition) is 4. The predicted octanol–water partition coefficient (Wildman–Crippen LogP) is 5.07. The molecule has 6 rings (SSSR count). The average molecular weight is 668 g/mol. The summed E-state index contributed by atoms with van der Waals surface area (Å²) in [5, 5.41) is 13.6. The molecule has 0 spiro atoms. The summed E-state index contributed by atoms with van der Waals surface area (Å²) in [7, 11) is 3.32. The zero-order valence-electron chi connectivity index (χ0n) is 29.4. The lowest BCUT2D eigenvalue weighted by Gasteiger charge is -2.45. The maximum Gasteiger partial charge on any atom is 0.270 e. The van der Waals surface area contributed by atoms with Crippen LogP contribution in [-0.4, -0.2) is 63.8 Å². The monoisotopic (exact) mass is 667 g/mol. The Labute approximate surface area is 288 Å². The molecule has 2 aromatic carbocycles. The highest BCUT2D eigenvalue weighted by Crippen LogP contribution is 2.59. The Balaban J connectivity index is 1.37. The summed E-state index contributed by atoms with van der Waals surface area (Å²) in [4.78, 5) is 49.7. The van der Waals surface area contributed by atoms with Crippen molar-refractivity contribution in [3.63, 3.8) is 0 Å². The zero-order valence-corrected chi connectivity index (χ0v) is 29.4. The molecule has 3 amide bonds. The molecule has 0 radical (unpaired) electrons. The lowest BCUT2D eigenvalue weighted by Crippen LogP contribution is -2.61. The van der Waals surface area contributed by atoms with Crippen LogP contribution in [0.15, 0.2) is 60.8 Å². The number of aromatic nitrogens is 4. The quantitative estimate of drug-likeness (QED) is 0.148. The number of likely N-dealkylation sites (N-methyl/N-ethyl adjacent to an activating group) is 1. The molecule has 0 aliphatic heterocycles. The first-order valence-corrected chi connectivity index (χ1v) is 17.3. The van der Waals surface area contributed by atoms with Crippen LogP contribution in [0.4, 0.5) is 0 Å². The summed E-state index contributed by atoms with van der Waals surface area (Å²) in [6, 6.07) is 16.6. The standard InChI is InChI=1S/C38H49N7O4/c1-7-39-34(47)31(37(3)17-11-18-37)44-35(48)38(4,23-49-6)25-14-15-26-27(22-25)42-32(41-26)30(43-33(46)28-16-21-40-45(28)5)29(36(2)19-20-36)24-12-9-8-10-13-24/h8-10,12-16,21-22,29-31H,7,11,17-20,23H2,1-6H3,(H,39,47)(H,41,42)(H,43,46)(H,44,48)/t29-,30-,31-,38?/m0/s1. The number of methoxy groups -OCH3 is 1. The number of carbonyl (C=O) groups is 3. The van der Waals surface area contributed by atoms with Gasteiger partial charge in [0.05, 0.1) is 29.1 Å². The minimum absolute atomic E-state index is 0.0251. The zero-order chi connectivity index (χ0) is 35.0. The number of ether oxygens (including phenoxy) is 1. The highest BCUT2D eigenvalue weighted by atomic mass is 16.5. The van der Waals surface area contributed by atoms with Crippen LogP contribution in [0.25, 0.3) is 11.0 Å². The second-order valence-electron chi connectivity index (χ2n) is 14.8. The average Bonchev–Trinajstić information content (AvgIpc) is 3.44. The molecule has 0 saturated heterocycles. The number of aryl methyl sites for hydroxylation is 1. The van der Waals surface area contributed by atoms with Gasteiger partial charge in [-0.05, 0) is 79.7 Å². The number of aromatic amines is 1. The largest absolute Gasteiger partial charge is 0.383 e. The molecule has 4 aromatic rings. The van der Waals surface area contributed by atoms with Crippen molar-refractivity contribution in [3.05, 3.63) is 83.4 Å². The fourth-order valence-electron chi connectivity index (χ4n) is 7.52. The first kappa shape index (κ1) is 34.4. The molecule has 260 valence electrons. The van der Waals surface area contributed by atoms with Gasteiger partial charge in [0.2, 0.25) is 11.8 Å². The molecule has 2 saturated carbocycles. The van der Waals surface area contributed by atoms with E-state index < -0.39 is 17.5 Å². The first-order valence-electron chi connectivity index (χ1n) is 17.3. The number of benzene rings is 2. The summed E-state index contributed by atoms with van der Waals surface area (Å²) >= 11 is 0. The Bertz CT molecular complexity index is 1820. The SMILES string of the molecule is CCNC(=O)[C@H](NC(=O)C(C)(COC)c1ccc2[nH]c([C@@H](NC(=O)c3ccnn3C)[C@H](c3ccccc3)C3(C)CC3)nc2c1)C1(C)CCC1. The fourth-order valence-corrected chi connectivity index (χ4v) is 7.52. The highest BCUT2D eigenvalue weighted by Gasteiger charge is 2.51. The first-order chi connectivity index (χ1) is 23.4. The molecule has 2 fully saturated rings. The number of carbonyl (C=O) groups excluding carboxylic acids is 3. The maximum absolute atomic E-state index is 14.2. The Morgan fingerprint density at radius 1 is 1.02 bits per heavy atom. The number of nitrogens with one attached hydrogen (secondary N) is 4. The van der Waals surface area contributed by atoms with Crippen molar-refractivity contribution in [2.45, 2.75) is 83.2 Å². The Morgan fingerprint density at radius 2 is 1.76 bits per heavy atom. The van der Waals surface area contributed by atoms with Gasteiger partial charge in [0, 0.05) is 32.8 Å². The van der Waals surface area contributed by atoms with E-state index in [0.29, 0.717) is 23.6 Å². The number of nitrogens with zero attached hydrogens (tertiary/aromatic N) is 3. The van der Waals surface area contributed by atoms with E-state index in [2.05, 4.69) is 52.0 Å². The van der Waals surface area contributed by atoms with Crippen molar-refractivity contribution in [2.75, 3.05) is 20.3 Å². The molecule has 4 atom stereocenters. The summed E-state index contributed by atoms with van der Waals surface area (Å²) in [6.07, 6.45) is 6.47. The molecule has 2 aliphatic rings. The third-order valence-corrected chi connectivity index (χ3v) is 11.1. The van der Waals surface area contributed by atoms with Crippen LogP contribution in [0.1, 0.15) is 99.2 Å². The van der Waals surface area contributed by atoms with Gasteiger partial charge in [0.15, 0.2) is 0 Å². The van der Waals surface area contributed by atoms with E-state index in [1.807, 2.05) is 50.2 Å². The molecule has 4 N–H and O–H groups in total. The molecule has 2 aliphatic carbocycles. The summed E-state index contributed by atoms with van der Waals surface area (Å²) in [6.45, 7) is 8.65. The Kier molecular flexibility index (Phi) is 9.41. The Morgan fingerprint density at radius 3 is 2.35 bits per heavy atom. The van der Waals surface area contributed by atoms with Crippen LogP contribution in [-0.2, 0) is 26.8 Å². The molecule has 11 heteroatoms. The van der Waals surface area contributed by atoms with Gasteiger partial charge in [-0.25, -0.2) is 4.98 Å². The van der Waals surface area contributed by atoms with Gasteiger partial charge in [-0.1, -0.05) is 56.7 Å². The Hall–Kier alpha value is -4.51. The molecule has 2 heterocycles. The van der Waals surface area contributed by atoms with Crippen molar-refractivity contribution in [3.8, 4) is 0 Å². The van der Waals surface area contributed by atoms with E-state index >= 15 is 0 Å². The molecule has 1 unspecified atom stereocenters. The summed E-state index contributed by atoms with van der Waals surface area (Å²) in [5.41, 5.74) is 2.33. The van der Waals surface area contributed by atoms with Gasteiger partial charge in [0.1, 0.15) is 17.6 Å². The number of amides is 3. The van der Waals surface area contributed by atoms with Crippen LogP contribution >= 0.6 is 0 Å². The van der Waals surface area contributed by atoms with Crippen molar-refractivity contribution >= 4 is 28.8 Å². The summed E-state index contributed by atoms with van der Waals surface area (Å²) in [5.74, 6) is -0.0866. The number of fused-ring (bicyclic) bond motifs is 1. The third kappa shape index (κ3) is 6.60. The normalized spacial score (nSPS) is 19.1. The molecular formula is C38H49N7O4. The van der Waals surface area contributed by atoms with Gasteiger partial charge in [-0.2, -0.15) is 5.10 Å². The van der Waals surface area contributed by atoms with Crippen molar-refractivity contribution in [1.82, 2.24) is 35.7 Å². The van der Waals surface area contributed by atoms with Crippen LogP contribution in [0.3, 0.4) is 0 Å². The molecule has 49 heavy (non-hydrogen) atoms. The maximum atomic E-state index is 14.2. The molecule has 0 bridgehead atoms. The van der Waals surface area contributed by atoms with Crippen LogP contribution in [0.2, 0.25) is 0 Å². The van der Waals surface area contributed by atoms with Gasteiger partial charge in [-0.15, -0.1) is 0 Å². The van der Waals surface area contributed by atoms with Gasteiger partial charge < -0.3 is 25.7 Å². The number of hydrogen-bond acceptors (Lipinski definition) is 6. The van der Waals surface area contributed by atoms with E-state index in [1.165, 1.54) is 0 Å². The number of imidazole rings is 1. The van der Waals surface area contributed by atoms with E-state index in [9.17, 15) is 14.4 Å². The minimum atomic E-state index is -1.10. The smallest absolute Gasteiger partial charge is 0.270 e. The second kappa shape index (κ2) is 13.4. The topological polar surface area (TPSA) is 143 Å². The number of H-pyrrole nitrogens is 1. The fraction of sp³-hybridized carbons (Fsp3) is 0.500. The number of rotatable bonds is 14. The lowest BCUT2D eigenvalue weighted by molar-refractivity contribution is -0.137. The van der Waals surface area contributed by atoms with E-state index in [-0.39, 0.29) is 41.1 Å². The van der Waals surface area contributed by atoms with Crippen molar-refractivity contribution in [1.29, 1.82) is 0 Å². The van der Waals surface area contributed by atoms with Crippen molar-refractivity contribution < 1.29 is 19.1 Å². The second-order valence-corrected chi connectivity index (χ2v) is 14.8. The molecular weight excluding hydrogens is 618 g/mol. The van der Waals surface area contributed by atoms with E-state index in [4.69, 9.17) is 9.72 Å². The van der Waals surface area contributed by atoms with Crippen LogP contribution < -0.4 is 16.0 Å². The third-order valence-electron chi connectivity index (χ3n) is 11.1. The summed E-state index contributed by atoms with van der Waals surface area (Å²) < 4.78 is 7.19. The van der Waals surface area contributed by atoms with Crippen LogP contribution in [0.5, 0.6) is 0 Å². The predicted molar refractivity (Wildman–Crippen MR) is 188 cm³/mol.